The minimum Gasteiger partial charge on any atom is -0.349 e. The quantitative estimate of drug-likeness (QED) is 0.421. The lowest BCUT2D eigenvalue weighted by Crippen LogP contribution is -2.35. The van der Waals surface area contributed by atoms with Gasteiger partial charge < -0.3 is 14.3 Å². The van der Waals surface area contributed by atoms with E-state index in [1.165, 1.54) is 0 Å². The smallest absolute Gasteiger partial charge is 0.248 e. The number of halogens is 2. The third kappa shape index (κ3) is 4.84. The molecule has 0 aliphatic rings. The van der Waals surface area contributed by atoms with Crippen LogP contribution in [0.4, 0.5) is 0 Å². The Labute approximate surface area is 152 Å². The van der Waals surface area contributed by atoms with Gasteiger partial charge >= 0.3 is 0 Å². The lowest BCUT2D eigenvalue weighted by atomic mass is 10.2. The molecule has 0 atom stereocenters. The highest BCUT2D eigenvalue weighted by atomic mass is 127. The molecule has 0 amide bonds. The Kier molecular flexibility index (Phi) is 7.08. The zero-order valence-electron chi connectivity index (χ0n) is 12.9. The predicted molar refractivity (Wildman–Crippen MR) is 98.7 cm³/mol. The number of hydrogen-bond acceptors (Lipinski definition) is 4. The van der Waals surface area contributed by atoms with Crippen LogP contribution in [0.2, 0.25) is 5.02 Å². The van der Waals surface area contributed by atoms with Crippen LogP contribution in [0.15, 0.2) is 33.8 Å². The number of rotatable bonds is 3. The highest BCUT2D eigenvalue weighted by Gasteiger charge is 2.10. The Morgan fingerprint density at radius 1 is 1.23 bits per heavy atom. The molecule has 0 bridgehead atoms. The fraction of sp³-hybridized carbons (Fsp3) is 0.357. The molecule has 1 heterocycles. The van der Waals surface area contributed by atoms with Crippen molar-refractivity contribution >= 4 is 41.5 Å². The van der Waals surface area contributed by atoms with Crippen LogP contribution in [0.3, 0.4) is 0 Å². The molecule has 6 nitrogen and oxygen atoms in total. The Balaban J connectivity index is 0.00000242. The zero-order valence-corrected chi connectivity index (χ0v) is 16.0. The van der Waals surface area contributed by atoms with Crippen molar-refractivity contribution < 1.29 is 4.52 Å². The molecule has 2 aromatic rings. The van der Waals surface area contributed by atoms with E-state index in [1.54, 1.807) is 12.1 Å². The molecule has 0 saturated carbocycles. The number of aliphatic imine (C=N–C) groups is 1. The van der Waals surface area contributed by atoms with Gasteiger partial charge in [0.2, 0.25) is 11.7 Å². The van der Waals surface area contributed by atoms with Crippen LogP contribution < -0.4 is 0 Å². The van der Waals surface area contributed by atoms with Crippen LogP contribution in [0.1, 0.15) is 5.89 Å². The van der Waals surface area contributed by atoms with Crippen LogP contribution in [-0.2, 0) is 6.54 Å². The average Bonchev–Trinajstić information content (AvgIpc) is 2.87. The fourth-order valence-corrected chi connectivity index (χ4v) is 2.08. The van der Waals surface area contributed by atoms with E-state index in [2.05, 4.69) is 15.1 Å². The molecule has 0 saturated heterocycles. The summed E-state index contributed by atoms with van der Waals surface area (Å²) in [7, 11) is 7.74. The maximum Gasteiger partial charge on any atom is 0.248 e. The monoisotopic (exact) mass is 435 g/mol. The minimum atomic E-state index is 0. The van der Waals surface area contributed by atoms with Crippen molar-refractivity contribution in [2.45, 2.75) is 6.54 Å². The summed E-state index contributed by atoms with van der Waals surface area (Å²) in [6.45, 7) is 0.333. The van der Waals surface area contributed by atoms with Gasteiger partial charge in [-0.25, -0.2) is 4.99 Å². The SMILES string of the molecule is CN(C)C(=NCc1nc(-c2cccc(Cl)c2)no1)N(C)C.I. The Hall–Kier alpha value is -1.35. The van der Waals surface area contributed by atoms with Crippen molar-refractivity contribution in [2.75, 3.05) is 28.2 Å². The van der Waals surface area contributed by atoms with Crippen LogP contribution in [-0.4, -0.2) is 54.1 Å². The van der Waals surface area contributed by atoms with Crippen molar-refractivity contribution in [2.24, 2.45) is 4.99 Å². The summed E-state index contributed by atoms with van der Waals surface area (Å²) in [6.07, 6.45) is 0. The van der Waals surface area contributed by atoms with E-state index in [-0.39, 0.29) is 24.0 Å². The molecule has 1 aromatic carbocycles. The highest BCUT2D eigenvalue weighted by Crippen LogP contribution is 2.20. The molecule has 0 fully saturated rings. The molecule has 0 aliphatic carbocycles. The third-order valence-electron chi connectivity index (χ3n) is 2.71. The van der Waals surface area contributed by atoms with Crippen molar-refractivity contribution in [1.29, 1.82) is 0 Å². The molecule has 0 radical (unpaired) electrons. The van der Waals surface area contributed by atoms with Gasteiger partial charge in [-0.3, -0.25) is 0 Å². The van der Waals surface area contributed by atoms with Crippen molar-refractivity contribution in [3.05, 3.63) is 35.2 Å². The number of hydrogen-bond donors (Lipinski definition) is 0. The Bertz CT molecular complexity index is 632. The summed E-state index contributed by atoms with van der Waals surface area (Å²) in [5.41, 5.74) is 0.821. The van der Waals surface area contributed by atoms with Crippen molar-refractivity contribution in [3.8, 4) is 11.4 Å². The highest BCUT2D eigenvalue weighted by molar-refractivity contribution is 14.0. The first-order chi connectivity index (χ1) is 9.97. The van der Waals surface area contributed by atoms with Gasteiger partial charge in [0.1, 0.15) is 6.54 Å². The van der Waals surface area contributed by atoms with Gasteiger partial charge in [-0.15, -0.1) is 24.0 Å². The molecular weight excluding hydrogens is 417 g/mol. The average molecular weight is 436 g/mol. The first kappa shape index (κ1) is 18.7. The van der Waals surface area contributed by atoms with E-state index >= 15 is 0 Å². The van der Waals surface area contributed by atoms with E-state index in [9.17, 15) is 0 Å². The topological polar surface area (TPSA) is 57.8 Å². The third-order valence-corrected chi connectivity index (χ3v) is 2.94. The van der Waals surface area contributed by atoms with Crippen LogP contribution >= 0.6 is 35.6 Å². The first-order valence-corrected chi connectivity index (χ1v) is 6.83. The largest absolute Gasteiger partial charge is 0.349 e. The summed E-state index contributed by atoms with van der Waals surface area (Å²) >= 11 is 5.95. The summed E-state index contributed by atoms with van der Waals surface area (Å²) in [4.78, 5) is 12.6. The Morgan fingerprint density at radius 2 is 1.91 bits per heavy atom. The number of guanidine groups is 1. The van der Waals surface area contributed by atoms with E-state index < -0.39 is 0 Å². The van der Waals surface area contributed by atoms with Gasteiger partial charge in [0.05, 0.1) is 0 Å². The van der Waals surface area contributed by atoms with E-state index in [0.717, 1.165) is 11.5 Å². The maximum absolute atomic E-state index is 5.95. The minimum absolute atomic E-state index is 0. The normalized spacial score (nSPS) is 9.86. The molecule has 0 N–H and O–H groups in total. The predicted octanol–water partition coefficient (Wildman–Crippen LogP) is 2.99. The molecule has 0 spiro atoms. The van der Waals surface area contributed by atoms with Gasteiger partial charge in [0, 0.05) is 38.8 Å². The van der Waals surface area contributed by atoms with E-state index in [0.29, 0.717) is 23.3 Å². The van der Waals surface area contributed by atoms with Crippen molar-refractivity contribution in [1.82, 2.24) is 19.9 Å². The Morgan fingerprint density at radius 3 is 2.50 bits per heavy atom. The molecule has 1 aromatic heterocycles. The van der Waals surface area contributed by atoms with Gasteiger partial charge in [-0.2, -0.15) is 4.98 Å². The molecule has 22 heavy (non-hydrogen) atoms. The van der Waals surface area contributed by atoms with Gasteiger partial charge in [0.15, 0.2) is 5.96 Å². The first-order valence-electron chi connectivity index (χ1n) is 6.45. The van der Waals surface area contributed by atoms with E-state index in [4.69, 9.17) is 16.1 Å². The number of nitrogens with zero attached hydrogens (tertiary/aromatic N) is 5. The van der Waals surface area contributed by atoms with Crippen LogP contribution in [0.25, 0.3) is 11.4 Å². The lowest BCUT2D eigenvalue weighted by molar-refractivity contribution is 0.378. The van der Waals surface area contributed by atoms with Gasteiger partial charge in [-0.05, 0) is 12.1 Å². The fourth-order valence-electron chi connectivity index (χ4n) is 1.89. The molecular formula is C14H19ClIN5O. The number of benzene rings is 1. The summed E-state index contributed by atoms with van der Waals surface area (Å²) in [5, 5.41) is 4.59. The lowest BCUT2D eigenvalue weighted by Gasteiger charge is -2.22. The van der Waals surface area contributed by atoms with Crippen LogP contribution in [0, 0.1) is 0 Å². The van der Waals surface area contributed by atoms with Gasteiger partial charge in [-0.1, -0.05) is 28.9 Å². The van der Waals surface area contributed by atoms with Gasteiger partial charge in [0.25, 0.3) is 0 Å². The second-order valence-electron chi connectivity index (χ2n) is 4.93. The summed E-state index contributed by atoms with van der Waals surface area (Å²) in [5.74, 6) is 1.81. The second-order valence-corrected chi connectivity index (χ2v) is 5.36. The molecule has 2 rings (SSSR count). The standard InChI is InChI=1S/C14H18ClN5O.HI/c1-19(2)14(20(3)4)16-9-12-17-13(18-21-12)10-6-5-7-11(15)8-10;/h5-8H,9H2,1-4H3;1H. The molecule has 8 heteroatoms. The zero-order chi connectivity index (χ0) is 15.4. The van der Waals surface area contributed by atoms with Crippen LogP contribution in [0.5, 0.6) is 0 Å². The van der Waals surface area contributed by atoms with E-state index in [1.807, 2.05) is 50.1 Å². The summed E-state index contributed by atoms with van der Waals surface area (Å²) < 4.78 is 5.22. The second kappa shape index (κ2) is 8.33. The molecule has 0 unspecified atom stereocenters. The number of aromatic nitrogens is 2. The molecule has 0 aliphatic heterocycles. The summed E-state index contributed by atoms with van der Waals surface area (Å²) in [6, 6.07) is 7.33. The molecule has 120 valence electrons. The van der Waals surface area contributed by atoms with Crippen molar-refractivity contribution in [3.63, 3.8) is 0 Å². The maximum atomic E-state index is 5.95.